The van der Waals surface area contributed by atoms with Crippen molar-refractivity contribution >= 4 is 20.4 Å². The topological polar surface area (TPSA) is 18.5 Å². The van der Waals surface area contributed by atoms with E-state index >= 15 is 0 Å². The minimum atomic E-state index is -2.54. The Morgan fingerprint density at radius 1 is 0.667 bits per heavy atom. The summed E-state index contributed by atoms with van der Waals surface area (Å²) in [6, 6.07) is 12.3. The molecule has 0 aromatic heterocycles. The summed E-state index contributed by atoms with van der Waals surface area (Å²) in [4.78, 5) is 1.88. The number of halogens is 1. The molecule has 0 radical (unpaired) electrons. The molecule has 1 aliphatic rings. The molecule has 5 heteroatoms. The Labute approximate surface area is 206 Å². The summed E-state index contributed by atoms with van der Waals surface area (Å²) in [6.07, 6.45) is 2.09. The number of rotatable bonds is 4. The van der Waals surface area contributed by atoms with Gasteiger partial charge in [0.2, 0.25) is 0 Å². The first-order chi connectivity index (χ1) is 15.0. The summed E-state index contributed by atoms with van der Waals surface area (Å²) in [7, 11) is -2.54. The first-order valence-corrected chi connectivity index (χ1v) is 13.6. The highest BCUT2D eigenvalue weighted by Crippen LogP contribution is 2.53. The molecule has 1 aliphatic heterocycles. The van der Waals surface area contributed by atoms with Crippen molar-refractivity contribution in [1.82, 2.24) is 0 Å². The number of benzene rings is 2. The molecule has 2 aromatic carbocycles. The molecule has 2 nitrogen and oxygen atoms in total. The van der Waals surface area contributed by atoms with Gasteiger partial charge in [0, 0.05) is 0 Å². The van der Waals surface area contributed by atoms with Crippen LogP contribution in [0.4, 0.5) is 4.20 Å². The highest BCUT2D eigenvalue weighted by Gasteiger charge is 2.32. The van der Waals surface area contributed by atoms with Crippen LogP contribution in [0.5, 0.6) is 11.5 Å². The maximum Gasteiger partial charge on any atom is 0.505 e. The molecule has 0 fully saturated rings. The SMILES string of the molecule is CC(C)(C)CC(C)(C)c1ccc2c(c1)Sc1cc(C(C)(C)CC(C)(C)C)ccc1OP(F)O2. The molecule has 0 aliphatic carbocycles. The van der Waals surface area contributed by atoms with Gasteiger partial charge >= 0.3 is 8.69 Å². The van der Waals surface area contributed by atoms with E-state index in [1.165, 1.54) is 11.1 Å². The molecule has 0 spiro atoms. The van der Waals surface area contributed by atoms with Gasteiger partial charge in [-0.05, 0) is 69.9 Å². The van der Waals surface area contributed by atoms with Crippen LogP contribution in [-0.2, 0) is 10.8 Å². The number of hydrogen-bond acceptors (Lipinski definition) is 3. The summed E-state index contributed by atoms with van der Waals surface area (Å²) in [5.74, 6) is 1.10. The third kappa shape index (κ3) is 6.89. The Morgan fingerprint density at radius 2 is 1.03 bits per heavy atom. The smallest absolute Gasteiger partial charge is 0.413 e. The van der Waals surface area contributed by atoms with Crippen molar-refractivity contribution in [3.8, 4) is 11.5 Å². The summed E-state index contributed by atoms with van der Waals surface area (Å²) in [5, 5.41) is 0. The Bertz CT molecular complexity index is 922. The van der Waals surface area contributed by atoms with Gasteiger partial charge in [0.1, 0.15) is 11.5 Å². The average molecular weight is 491 g/mol. The second-order valence-corrected chi connectivity index (χ2v) is 14.9. The quantitative estimate of drug-likeness (QED) is 0.397. The van der Waals surface area contributed by atoms with E-state index in [-0.39, 0.29) is 21.7 Å². The molecule has 33 heavy (non-hydrogen) atoms. The van der Waals surface area contributed by atoms with Crippen molar-refractivity contribution in [1.29, 1.82) is 0 Å². The second kappa shape index (κ2) is 9.08. The van der Waals surface area contributed by atoms with Crippen LogP contribution < -0.4 is 9.05 Å². The van der Waals surface area contributed by atoms with Crippen LogP contribution in [0.1, 0.15) is 93.2 Å². The fraction of sp³-hybridized carbons (Fsp3) is 0.571. The number of fused-ring (bicyclic) bond motifs is 2. The molecule has 3 rings (SSSR count). The predicted molar refractivity (Wildman–Crippen MR) is 140 cm³/mol. The van der Waals surface area contributed by atoms with Crippen LogP contribution in [0.3, 0.4) is 0 Å². The summed E-state index contributed by atoms with van der Waals surface area (Å²) in [6.45, 7) is 22.7. The molecule has 2 aromatic rings. The summed E-state index contributed by atoms with van der Waals surface area (Å²) >= 11 is 1.61. The molecular formula is C28H40FO2PS. The first-order valence-electron chi connectivity index (χ1n) is 11.7. The van der Waals surface area contributed by atoms with E-state index in [0.29, 0.717) is 11.5 Å². The van der Waals surface area contributed by atoms with Crippen molar-refractivity contribution in [2.45, 2.75) is 103 Å². The lowest BCUT2D eigenvalue weighted by Crippen LogP contribution is -2.25. The van der Waals surface area contributed by atoms with Crippen molar-refractivity contribution in [3.63, 3.8) is 0 Å². The molecule has 0 bridgehead atoms. The van der Waals surface area contributed by atoms with Crippen LogP contribution in [0.15, 0.2) is 46.2 Å². The van der Waals surface area contributed by atoms with Crippen LogP contribution in [-0.4, -0.2) is 0 Å². The molecule has 1 heterocycles. The standard InChI is InChI=1S/C28H40FO2PS/c1-25(2,3)17-27(7,8)19-11-13-21-23(15-19)33-24-16-20(28(9,10)18-26(4,5)6)12-14-22(24)31-32(29)30-21/h11-16H,17-18H2,1-10H3. The Kier molecular flexibility index (Phi) is 7.25. The fourth-order valence-electron chi connectivity index (χ4n) is 5.32. The van der Waals surface area contributed by atoms with Crippen molar-refractivity contribution < 1.29 is 13.2 Å². The Hall–Kier alpha value is -1.25. The average Bonchev–Trinajstić information content (AvgIpc) is 2.58. The van der Waals surface area contributed by atoms with Crippen LogP contribution in [0.25, 0.3) is 0 Å². The second-order valence-electron chi connectivity index (χ2n) is 13.1. The van der Waals surface area contributed by atoms with Gasteiger partial charge in [0.25, 0.3) is 0 Å². The van der Waals surface area contributed by atoms with E-state index in [2.05, 4.69) is 93.5 Å². The monoisotopic (exact) mass is 490 g/mol. The molecule has 0 N–H and O–H groups in total. The Morgan fingerprint density at radius 3 is 1.36 bits per heavy atom. The van der Waals surface area contributed by atoms with Crippen LogP contribution in [0, 0.1) is 10.8 Å². The third-order valence-electron chi connectivity index (χ3n) is 5.96. The van der Waals surface area contributed by atoms with E-state index in [1.807, 2.05) is 12.1 Å². The summed E-state index contributed by atoms with van der Waals surface area (Å²) < 4.78 is 25.9. The third-order valence-corrected chi connectivity index (χ3v) is 7.71. The van der Waals surface area contributed by atoms with Gasteiger partial charge in [-0.25, -0.2) is 0 Å². The van der Waals surface area contributed by atoms with Gasteiger partial charge in [-0.3, -0.25) is 0 Å². The number of hydrogen-bond donors (Lipinski definition) is 0. The lowest BCUT2D eigenvalue weighted by Gasteiger charge is -2.34. The van der Waals surface area contributed by atoms with Crippen molar-refractivity contribution in [2.24, 2.45) is 10.8 Å². The van der Waals surface area contributed by atoms with Gasteiger partial charge in [0.15, 0.2) is 0 Å². The van der Waals surface area contributed by atoms with Crippen LogP contribution >= 0.6 is 20.4 Å². The lowest BCUT2D eigenvalue weighted by atomic mass is 9.72. The minimum absolute atomic E-state index is 0.00741. The highest BCUT2D eigenvalue weighted by atomic mass is 32.2. The predicted octanol–water partition coefficient (Wildman–Crippen LogP) is 10.2. The molecular weight excluding hydrogens is 450 g/mol. The fourth-order valence-corrected chi connectivity index (χ4v) is 7.13. The van der Waals surface area contributed by atoms with E-state index in [0.717, 1.165) is 22.6 Å². The van der Waals surface area contributed by atoms with Gasteiger partial charge < -0.3 is 9.05 Å². The highest BCUT2D eigenvalue weighted by molar-refractivity contribution is 7.99. The normalized spacial score (nSPS) is 15.6. The van der Waals surface area contributed by atoms with Crippen molar-refractivity contribution in [2.75, 3.05) is 0 Å². The largest absolute Gasteiger partial charge is 0.505 e. The van der Waals surface area contributed by atoms with E-state index in [4.69, 9.17) is 9.05 Å². The lowest BCUT2D eigenvalue weighted by molar-refractivity contribution is 0.283. The maximum atomic E-state index is 14.7. The zero-order chi connectivity index (χ0) is 24.8. The van der Waals surface area contributed by atoms with Gasteiger partial charge in [-0.15, -0.1) is 4.20 Å². The van der Waals surface area contributed by atoms with E-state index < -0.39 is 8.69 Å². The van der Waals surface area contributed by atoms with Crippen LogP contribution in [0.2, 0.25) is 0 Å². The van der Waals surface area contributed by atoms with Gasteiger partial charge in [-0.1, -0.05) is 93.1 Å². The molecule has 0 saturated carbocycles. The minimum Gasteiger partial charge on any atom is -0.413 e. The molecule has 182 valence electrons. The van der Waals surface area contributed by atoms with E-state index in [9.17, 15) is 4.20 Å². The zero-order valence-corrected chi connectivity index (χ0v) is 23.6. The summed E-state index contributed by atoms with van der Waals surface area (Å²) in [5.41, 5.74) is 2.88. The molecule has 0 saturated heterocycles. The maximum absolute atomic E-state index is 14.7. The van der Waals surface area contributed by atoms with Gasteiger partial charge in [-0.2, -0.15) is 0 Å². The first kappa shape index (κ1) is 26.4. The Balaban J connectivity index is 2.03. The van der Waals surface area contributed by atoms with Crippen molar-refractivity contribution in [3.05, 3.63) is 47.5 Å². The molecule has 0 unspecified atom stereocenters. The van der Waals surface area contributed by atoms with Gasteiger partial charge in [0.05, 0.1) is 9.79 Å². The molecule has 0 atom stereocenters. The zero-order valence-electron chi connectivity index (χ0n) is 21.9. The van der Waals surface area contributed by atoms with E-state index in [1.54, 1.807) is 11.8 Å². The molecule has 0 amide bonds.